The van der Waals surface area contributed by atoms with Gasteiger partial charge in [-0.3, -0.25) is 5.10 Å². The molecule has 0 radical (unpaired) electrons. The normalized spacial score (nSPS) is 13.0. The number of nitrogens with one attached hydrogen (secondary N) is 2. The zero-order chi connectivity index (χ0) is 9.97. The van der Waals surface area contributed by atoms with Crippen LogP contribution in [0.25, 0.3) is 11.5 Å². The number of aromatic amines is 1. The van der Waals surface area contributed by atoms with Gasteiger partial charge in [0.25, 0.3) is 5.89 Å². The van der Waals surface area contributed by atoms with Crippen LogP contribution in [0.3, 0.4) is 0 Å². The molecule has 0 aliphatic heterocycles. The van der Waals surface area contributed by atoms with Crippen LogP contribution >= 0.6 is 0 Å². The molecule has 0 saturated heterocycles. The molecule has 1 unspecified atom stereocenters. The van der Waals surface area contributed by atoms with Crippen molar-refractivity contribution in [3.05, 3.63) is 18.3 Å². The third-order valence-electron chi connectivity index (χ3n) is 1.99. The second-order valence-corrected chi connectivity index (χ2v) is 2.94. The summed E-state index contributed by atoms with van der Waals surface area (Å²) in [5.41, 5.74) is 0.798. The molecule has 2 aromatic heterocycles. The average molecular weight is 193 g/mol. The molecule has 2 aromatic rings. The van der Waals surface area contributed by atoms with Crippen LogP contribution in [0.1, 0.15) is 18.9 Å². The fraction of sp³-hybridized carbons (Fsp3) is 0.375. The minimum absolute atomic E-state index is 0.0585. The summed E-state index contributed by atoms with van der Waals surface area (Å²) in [5.74, 6) is 1.06. The number of rotatable bonds is 3. The molecular formula is C8H11N5O. The van der Waals surface area contributed by atoms with Crippen LogP contribution in [0.15, 0.2) is 16.8 Å². The Hall–Kier alpha value is -1.69. The summed E-state index contributed by atoms with van der Waals surface area (Å²) in [6, 6.07) is 0.0585. The van der Waals surface area contributed by atoms with Gasteiger partial charge in [-0.2, -0.15) is 5.10 Å². The van der Waals surface area contributed by atoms with E-state index in [1.807, 2.05) is 14.0 Å². The van der Waals surface area contributed by atoms with E-state index >= 15 is 0 Å². The van der Waals surface area contributed by atoms with Crippen LogP contribution in [0.2, 0.25) is 0 Å². The smallest absolute Gasteiger partial charge is 0.250 e. The molecule has 0 bridgehead atoms. The Balaban J connectivity index is 2.26. The van der Waals surface area contributed by atoms with Crippen molar-refractivity contribution in [1.82, 2.24) is 25.7 Å². The highest BCUT2D eigenvalue weighted by Gasteiger charge is 2.13. The Labute approximate surface area is 80.7 Å². The molecule has 74 valence electrons. The highest BCUT2D eigenvalue weighted by molar-refractivity contribution is 5.48. The van der Waals surface area contributed by atoms with E-state index in [1.165, 1.54) is 0 Å². The number of H-pyrrole nitrogens is 1. The van der Waals surface area contributed by atoms with Crippen molar-refractivity contribution in [3.63, 3.8) is 0 Å². The van der Waals surface area contributed by atoms with E-state index in [1.54, 1.807) is 12.4 Å². The van der Waals surface area contributed by atoms with Crippen molar-refractivity contribution in [2.45, 2.75) is 13.0 Å². The molecular weight excluding hydrogens is 182 g/mol. The lowest BCUT2D eigenvalue weighted by atomic mass is 10.3. The van der Waals surface area contributed by atoms with Crippen molar-refractivity contribution in [2.75, 3.05) is 7.05 Å². The third-order valence-corrected chi connectivity index (χ3v) is 1.99. The molecule has 0 aliphatic carbocycles. The molecule has 0 amide bonds. The van der Waals surface area contributed by atoms with Crippen LogP contribution in [-0.2, 0) is 0 Å². The maximum Gasteiger partial charge on any atom is 0.250 e. The first-order chi connectivity index (χ1) is 6.81. The fourth-order valence-corrected chi connectivity index (χ4v) is 1.02. The molecule has 14 heavy (non-hydrogen) atoms. The summed E-state index contributed by atoms with van der Waals surface area (Å²) in [7, 11) is 1.84. The van der Waals surface area contributed by atoms with Crippen molar-refractivity contribution < 1.29 is 4.42 Å². The van der Waals surface area contributed by atoms with Crippen molar-refractivity contribution in [3.8, 4) is 11.5 Å². The molecule has 2 heterocycles. The van der Waals surface area contributed by atoms with Crippen LogP contribution in [0.5, 0.6) is 0 Å². The molecule has 1 atom stereocenters. The highest BCUT2D eigenvalue weighted by Crippen LogP contribution is 2.18. The zero-order valence-corrected chi connectivity index (χ0v) is 7.98. The minimum atomic E-state index is 0.0585. The molecule has 0 spiro atoms. The second kappa shape index (κ2) is 3.59. The lowest BCUT2D eigenvalue weighted by molar-refractivity contribution is 0.441. The molecule has 0 saturated carbocycles. The molecule has 6 nitrogen and oxygen atoms in total. The van der Waals surface area contributed by atoms with Gasteiger partial charge >= 0.3 is 0 Å². The largest absolute Gasteiger partial charge is 0.419 e. The van der Waals surface area contributed by atoms with Gasteiger partial charge in [0.15, 0.2) is 0 Å². The summed E-state index contributed by atoms with van der Waals surface area (Å²) in [6.07, 6.45) is 3.35. The Bertz CT molecular complexity index is 394. The van der Waals surface area contributed by atoms with Crippen molar-refractivity contribution >= 4 is 0 Å². The lowest BCUT2D eigenvalue weighted by Gasteiger charge is -2.01. The number of nitrogens with zero attached hydrogens (tertiary/aromatic N) is 3. The first-order valence-corrected chi connectivity index (χ1v) is 4.31. The van der Waals surface area contributed by atoms with Crippen LogP contribution in [0, 0.1) is 0 Å². The maximum absolute atomic E-state index is 5.44. The SMILES string of the molecule is CNC(C)c1nnc(-c2cn[nH]c2)o1. The van der Waals surface area contributed by atoms with Crippen LogP contribution in [0.4, 0.5) is 0 Å². The highest BCUT2D eigenvalue weighted by atomic mass is 16.4. The summed E-state index contributed by atoms with van der Waals surface area (Å²) < 4.78 is 5.44. The number of hydrogen-bond acceptors (Lipinski definition) is 5. The number of aromatic nitrogens is 4. The van der Waals surface area contributed by atoms with E-state index in [4.69, 9.17) is 4.42 Å². The predicted octanol–water partition coefficient (Wildman–Crippen LogP) is 0.740. The van der Waals surface area contributed by atoms with E-state index in [0.717, 1.165) is 5.56 Å². The van der Waals surface area contributed by atoms with E-state index in [9.17, 15) is 0 Å². The maximum atomic E-state index is 5.44. The molecule has 2 rings (SSSR count). The summed E-state index contributed by atoms with van der Waals surface area (Å²) in [6.45, 7) is 1.95. The average Bonchev–Trinajstić information content (AvgIpc) is 2.86. The molecule has 2 N–H and O–H groups in total. The van der Waals surface area contributed by atoms with Crippen molar-refractivity contribution in [2.24, 2.45) is 0 Å². The van der Waals surface area contributed by atoms with E-state index < -0.39 is 0 Å². The Kier molecular flexibility index (Phi) is 2.28. The van der Waals surface area contributed by atoms with Gasteiger partial charge in [0.1, 0.15) is 0 Å². The molecule has 0 aliphatic rings. The molecule has 0 aromatic carbocycles. The van der Waals surface area contributed by atoms with Gasteiger partial charge < -0.3 is 9.73 Å². The Morgan fingerprint density at radius 3 is 3.00 bits per heavy atom. The van der Waals surface area contributed by atoms with E-state index in [2.05, 4.69) is 25.7 Å². The standard InChI is InChI=1S/C8H11N5O/c1-5(9-2)7-12-13-8(14-7)6-3-10-11-4-6/h3-5,9H,1-2H3,(H,10,11). The van der Waals surface area contributed by atoms with E-state index in [-0.39, 0.29) is 6.04 Å². The summed E-state index contributed by atoms with van der Waals surface area (Å²) in [5, 5.41) is 17.3. The second-order valence-electron chi connectivity index (χ2n) is 2.94. The fourth-order valence-electron chi connectivity index (χ4n) is 1.02. The van der Waals surface area contributed by atoms with Gasteiger partial charge in [-0.15, -0.1) is 10.2 Å². The zero-order valence-electron chi connectivity index (χ0n) is 7.98. The third kappa shape index (κ3) is 1.51. The topological polar surface area (TPSA) is 79.6 Å². The van der Waals surface area contributed by atoms with E-state index in [0.29, 0.717) is 11.8 Å². The summed E-state index contributed by atoms with van der Waals surface area (Å²) >= 11 is 0. The predicted molar refractivity (Wildman–Crippen MR) is 49.4 cm³/mol. The van der Waals surface area contributed by atoms with Gasteiger partial charge in [0.05, 0.1) is 17.8 Å². The van der Waals surface area contributed by atoms with Crippen molar-refractivity contribution in [1.29, 1.82) is 0 Å². The lowest BCUT2D eigenvalue weighted by Crippen LogP contribution is -2.12. The monoisotopic (exact) mass is 193 g/mol. The minimum Gasteiger partial charge on any atom is -0.419 e. The first-order valence-electron chi connectivity index (χ1n) is 4.31. The first kappa shape index (κ1) is 8.89. The quantitative estimate of drug-likeness (QED) is 0.751. The van der Waals surface area contributed by atoms with Crippen LogP contribution in [-0.4, -0.2) is 27.4 Å². The Morgan fingerprint density at radius 1 is 1.50 bits per heavy atom. The van der Waals surface area contributed by atoms with Gasteiger partial charge in [-0.1, -0.05) is 0 Å². The van der Waals surface area contributed by atoms with Gasteiger partial charge in [-0.25, -0.2) is 0 Å². The van der Waals surface area contributed by atoms with Crippen LogP contribution < -0.4 is 5.32 Å². The molecule has 6 heteroatoms. The van der Waals surface area contributed by atoms with Gasteiger partial charge in [0.2, 0.25) is 5.89 Å². The molecule has 0 fully saturated rings. The van der Waals surface area contributed by atoms with Gasteiger partial charge in [-0.05, 0) is 14.0 Å². The number of hydrogen-bond donors (Lipinski definition) is 2. The Morgan fingerprint density at radius 2 is 2.36 bits per heavy atom. The van der Waals surface area contributed by atoms with Gasteiger partial charge in [0, 0.05) is 6.20 Å². The summed E-state index contributed by atoms with van der Waals surface area (Å²) in [4.78, 5) is 0.